The van der Waals surface area contributed by atoms with Crippen LogP contribution in [0.25, 0.3) is 0 Å². The number of quaternary nitrogens is 1. The van der Waals surface area contributed by atoms with E-state index in [-0.39, 0.29) is 4.90 Å². The first-order chi connectivity index (χ1) is 15.8. The average molecular weight is 545 g/mol. The second-order valence-corrected chi connectivity index (χ2v) is 10.7. The molecule has 0 fully saturated rings. The van der Waals surface area contributed by atoms with Gasteiger partial charge in [0.2, 0.25) is 0 Å². The van der Waals surface area contributed by atoms with Gasteiger partial charge in [-0.3, -0.25) is 0 Å². The molecule has 0 aliphatic rings. The van der Waals surface area contributed by atoms with E-state index in [0.717, 1.165) is 6.54 Å². The molecule has 0 heterocycles. The standard InChI is InChI=1S/C21H41BrN.C6H6O3S/c1-4-7-10-13-18-23(21-16-17-22,19-14-11-8-5-2)20-15-12-9-6-3;7-10(8,9)6-4-2-1-3-5-6/h4-15,18-21H2,1-3H3;1-5H,(H,7,8,9)/q+1;/p-1. The Morgan fingerprint density at radius 1 is 0.758 bits per heavy atom. The number of benzene rings is 1. The average Bonchev–Trinajstić information content (AvgIpc) is 2.81. The van der Waals surface area contributed by atoms with Gasteiger partial charge < -0.3 is 9.04 Å². The molecule has 0 aliphatic heterocycles. The molecule has 190 valence electrons. The summed E-state index contributed by atoms with van der Waals surface area (Å²) >= 11 is 3.31. The molecule has 0 aliphatic carbocycles. The molecule has 0 aromatic heterocycles. The van der Waals surface area contributed by atoms with E-state index in [9.17, 15) is 13.0 Å². The number of rotatable bonds is 17. The molecule has 0 saturated heterocycles. The third kappa shape index (κ3) is 17.3. The zero-order valence-electron chi connectivity index (χ0n) is 21.2. The van der Waals surface area contributed by atoms with Gasteiger partial charge in [0.1, 0.15) is 16.7 Å². The van der Waals surface area contributed by atoms with Crippen molar-refractivity contribution in [2.45, 2.75) is 103 Å². The monoisotopic (exact) mass is 543 g/mol. The topological polar surface area (TPSA) is 57.2 Å². The number of unbranched alkanes of at least 4 members (excludes halogenated alkanes) is 9. The van der Waals surface area contributed by atoms with Gasteiger partial charge in [-0.15, -0.1) is 0 Å². The predicted octanol–water partition coefficient (Wildman–Crippen LogP) is 7.49. The number of hydrogen-bond donors (Lipinski definition) is 0. The van der Waals surface area contributed by atoms with Crippen LogP contribution in [0.5, 0.6) is 0 Å². The lowest BCUT2D eigenvalue weighted by atomic mass is 10.1. The lowest BCUT2D eigenvalue weighted by molar-refractivity contribution is -0.922. The van der Waals surface area contributed by atoms with Crippen LogP contribution in [0.2, 0.25) is 0 Å². The maximum Gasteiger partial charge on any atom is 0.141 e. The smallest absolute Gasteiger partial charge is 0.141 e. The molecule has 1 aromatic rings. The van der Waals surface area contributed by atoms with Crippen molar-refractivity contribution in [3.63, 3.8) is 0 Å². The van der Waals surface area contributed by atoms with Crippen molar-refractivity contribution >= 4 is 26.0 Å². The van der Waals surface area contributed by atoms with Crippen LogP contribution < -0.4 is 0 Å². The molecule has 1 rings (SSSR count). The first-order valence-corrected chi connectivity index (χ1v) is 15.0. The van der Waals surface area contributed by atoms with Gasteiger partial charge in [-0.1, -0.05) is 77.5 Å². The minimum Gasteiger partial charge on any atom is -0.744 e. The van der Waals surface area contributed by atoms with Crippen LogP contribution in [0.1, 0.15) is 97.8 Å². The fourth-order valence-electron chi connectivity index (χ4n) is 3.98. The Kier molecular flexibility index (Phi) is 20.0. The lowest BCUT2D eigenvalue weighted by Gasteiger charge is -2.37. The molecule has 0 unspecified atom stereocenters. The van der Waals surface area contributed by atoms with Crippen LogP contribution in [0.4, 0.5) is 0 Å². The Balaban J connectivity index is 0.000000843. The van der Waals surface area contributed by atoms with Crippen LogP contribution >= 0.6 is 15.9 Å². The SMILES string of the molecule is CCCCCC[N+](CC#CBr)(CCCCCC)CCCCCC.O=S(=O)([O-])c1ccccc1. The van der Waals surface area contributed by atoms with Crippen LogP contribution in [-0.4, -0.2) is 43.6 Å². The second kappa shape index (κ2) is 20.5. The van der Waals surface area contributed by atoms with Gasteiger partial charge in [0.05, 0.1) is 24.5 Å². The maximum absolute atomic E-state index is 10.3. The van der Waals surface area contributed by atoms with Crippen LogP contribution in [0, 0.1) is 10.8 Å². The van der Waals surface area contributed by atoms with Gasteiger partial charge in [-0.2, -0.15) is 0 Å². The molecule has 0 amide bonds. The third-order valence-electron chi connectivity index (χ3n) is 5.97. The molecule has 1 aromatic carbocycles. The van der Waals surface area contributed by atoms with E-state index >= 15 is 0 Å². The number of hydrogen-bond acceptors (Lipinski definition) is 3. The molecular weight excluding hydrogens is 498 g/mol. The molecular formula is C27H46BrNO3S. The maximum atomic E-state index is 10.3. The Labute approximate surface area is 213 Å². The molecule has 0 radical (unpaired) electrons. The van der Waals surface area contributed by atoms with Crippen LogP contribution in [0.3, 0.4) is 0 Å². The molecule has 33 heavy (non-hydrogen) atoms. The van der Waals surface area contributed by atoms with E-state index < -0.39 is 10.1 Å². The fraction of sp³-hybridized carbons (Fsp3) is 0.704. The Morgan fingerprint density at radius 3 is 1.48 bits per heavy atom. The first kappa shape index (κ1) is 32.1. The molecule has 0 saturated carbocycles. The summed E-state index contributed by atoms with van der Waals surface area (Å²) in [6.45, 7) is 11.9. The Morgan fingerprint density at radius 2 is 1.18 bits per heavy atom. The van der Waals surface area contributed by atoms with E-state index in [4.69, 9.17) is 0 Å². The lowest BCUT2D eigenvalue weighted by Crippen LogP contribution is -2.50. The molecule has 0 N–H and O–H groups in total. The summed E-state index contributed by atoms with van der Waals surface area (Å²) in [5, 5.41) is 0. The van der Waals surface area contributed by atoms with E-state index in [2.05, 4.69) is 47.5 Å². The third-order valence-corrected chi connectivity index (χ3v) is 7.10. The quantitative estimate of drug-likeness (QED) is 0.0884. The zero-order valence-corrected chi connectivity index (χ0v) is 23.6. The van der Waals surface area contributed by atoms with Gasteiger partial charge in [0.25, 0.3) is 0 Å². The van der Waals surface area contributed by atoms with Crippen LogP contribution in [0.15, 0.2) is 35.2 Å². The molecule has 4 nitrogen and oxygen atoms in total. The van der Waals surface area contributed by atoms with Crippen molar-refractivity contribution in [2.75, 3.05) is 26.2 Å². The van der Waals surface area contributed by atoms with Crippen molar-refractivity contribution in [2.24, 2.45) is 0 Å². The predicted molar refractivity (Wildman–Crippen MR) is 143 cm³/mol. The second-order valence-electron chi connectivity index (χ2n) is 8.89. The van der Waals surface area contributed by atoms with E-state index in [1.165, 1.54) is 125 Å². The van der Waals surface area contributed by atoms with Crippen molar-refractivity contribution in [1.29, 1.82) is 0 Å². The molecule has 0 atom stereocenters. The molecule has 0 spiro atoms. The Hall–Kier alpha value is -0.870. The van der Waals surface area contributed by atoms with Crippen molar-refractivity contribution in [3.8, 4) is 10.8 Å². The largest absolute Gasteiger partial charge is 0.744 e. The molecule has 6 heteroatoms. The van der Waals surface area contributed by atoms with Crippen LogP contribution in [-0.2, 0) is 10.1 Å². The number of halogens is 1. The summed E-state index contributed by atoms with van der Waals surface area (Å²) in [6.07, 6.45) is 16.4. The van der Waals surface area contributed by atoms with E-state index in [1.54, 1.807) is 6.07 Å². The summed E-state index contributed by atoms with van der Waals surface area (Å²) in [6, 6.07) is 7.19. The molecule has 0 bridgehead atoms. The fourth-order valence-corrected chi connectivity index (χ4v) is 4.60. The Bertz CT molecular complexity index is 710. The van der Waals surface area contributed by atoms with Gasteiger partial charge in [-0.25, -0.2) is 8.42 Å². The van der Waals surface area contributed by atoms with Gasteiger partial charge in [0.15, 0.2) is 0 Å². The van der Waals surface area contributed by atoms with Gasteiger partial charge in [-0.05, 0) is 61.4 Å². The number of nitrogens with zero attached hydrogens (tertiary/aromatic N) is 1. The zero-order chi connectivity index (χ0) is 24.8. The minimum atomic E-state index is -4.25. The summed E-state index contributed by atoms with van der Waals surface area (Å²) < 4.78 is 32.1. The first-order valence-electron chi connectivity index (χ1n) is 12.8. The highest BCUT2D eigenvalue weighted by molar-refractivity contribution is 9.12. The minimum absolute atomic E-state index is 0.185. The van der Waals surface area contributed by atoms with E-state index in [1.807, 2.05) is 0 Å². The van der Waals surface area contributed by atoms with Crippen molar-refractivity contribution < 1.29 is 17.5 Å². The summed E-state index contributed by atoms with van der Waals surface area (Å²) in [7, 11) is -4.25. The van der Waals surface area contributed by atoms with Crippen molar-refractivity contribution in [1.82, 2.24) is 0 Å². The van der Waals surface area contributed by atoms with Crippen molar-refractivity contribution in [3.05, 3.63) is 30.3 Å². The summed E-state index contributed by atoms with van der Waals surface area (Å²) in [5.41, 5.74) is 0. The summed E-state index contributed by atoms with van der Waals surface area (Å²) in [4.78, 5) is 2.79. The highest BCUT2D eigenvalue weighted by Crippen LogP contribution is 2.17. The van der Waals surface area contributed by atoms with Gasteiger partial charge in [0, 0.05) is 15.9 Å². The highest BCUT2D eigenvalue weighted by Gasteiger charge is 2.25. The van der Waals surface area contributed by atoms with Gasteiger partial charge >= 0.3 is 0 Å². The van der Waals surface area contributed by atoms with E-state index in [0.29, 0.717) is 0 Å². The normalized spacial score (nSPS) is 11.3. The highest BCUT2D eigenvalue weighted by atomic mass is 79.9. The summed E-state index contributed by atoms with van der Waals surface area (Å²) in [5.74, 6) is 3.35.